The Hall–Kier alpha value is -1.37. The van der Waals surface area contributed by atoms with Gasteiger partial charge in [-0.1, -0.05) is 29.3 Å². The second-order valence-corrected chi connectivity index (χ2v) is 7.69. The standard InChI is InChI=1S/C14H9ClFIN2O2S/c1-8-2-4-9(5-3-8)22(20,21)19-14-10(7-18)13(16)11(15)6-12(14)17/h2-6,19H,1H3. The van der Waals surface area contributed by atoms with Gasteiger partial charge >= 0.3 is 0 Å². The molecule has 0 bridgehead atoms. The summed E-state index contributed by atoms with van der Waals surface area (Å²) in [5.74, 6) is -0.953. The van der Waals surface area contributed by atoms with Crippen LogP contribution in [0.2, 0.25) is 5.02 Å². The summed E-state index contributed by atoms with van der Waals surface area (Å²) in [6.45, 7) is 1.83. The van der Waals surface area contributed by atoms with E-state index in [1.54, 1.807) is 40.8 Å². The number of benzene rings is 2. The predicted molar refractivity (Wildman–Crippen MR) is 90.8 cm³/mol. The van der Waals surface area contributed by atoms with E-state index < -0.39 is 21.4 Å². The molecule has 0 aliphatic carbocycles. The van der Waals surface area contributed by atoms with Crippen molar-refractivity contribution in [3.8, 4) is 6.07 Å². The first-order valence-electron chi connectivity index (χ1n) is 5.93. The van der Waals surface area contributed by atoms with Crippen molar-refractivity contribution in [3.05, 3.63) is 55.9 Å². The van der Waals surface area contributed by atoms with Crippen LogP contribution in [-0.4, -0.2) is 8.42 Å². The minimum absolute atomic E-state index is 0.0214. The van der Waals surface area contributed by atoms with Crippen LogP contribution in [0.1, 0.15) is 11.1 Å². The van der Waals surface area contributed by atoms with Crippen LogP contribution in [0.3, 0.4) is 0 Å². The quantitative estimate of drug-likeness (QED) is 0.566. The Morgan fingerprint density at radius 1 is 1.32 bits per heavy atom. The van der Waals surface area contributed by atoms with Gasteiger partial charge in [-0.05, 0) is 47.7 Å². The molecule has 0 unspecified atom stereocenters. The molecule has 114 valence electrons. The monoisotopic (exact) mass is 450 g/mol. The van der Waals surface area contributed by atoms with E-state index in [4.69, 9.17) is 16.9 Å². The highest BCUT2D eigenvalue weighted by molar-refractivity contribution is 14.1. The van der Waals surface area contributed by atoms with Gasteiger partial charge in [-0.15, -0.1) is 0 Å². The first kappa shape index (κ1) is 17.0. The van der Waals surface area contributed by atoms with Gasteiger partial charge in [0.2, 0.25) is 0 Å². The summed E-state index contributed by atoms with van der Waals surface area (Å²) < 4.78 is 41.2. The molecule has 22 heavy (non-hydrogen) atoms. The molecule has 0 saturated carbocycles. The first-order valence-corrected chi connectivity index (χ1v) is 8.87. The third kappa shape index (κ3) is 3.34. The summed E-state index contributed by atoms with van der Waals surface area (Å²) >= 11 is 7.45. The van der Waals surface area contributed by atoms with Gasteiger partial charge in [0, 0.05) is 3.57 Å². The summed E-state index contributed by atoms with van der Waals surface area (Å²) in [7, 11) is -3.93. The molecule has 0 atom stereocenters. The number of anilines is 1. The summed E-state index contributed by atoms with van der Waals surface area (Å²) in [4.78, 5) is 0.0214. The van der Waals surface area contributed by atoms with Crippen molar-refractivity contribution in [2.45, 2.75) is 11.8 Å². The molecule has 8 heteroatoms. The van der Waals surface area contributed by atoms with Crippen LogP contribution in [0.5, 0.6) is 0 Å². The van der Waals surface area contributed by atoms with E-state index in [1.165, 1.54) is 18.2 Å². The number of halogens is 3. The second-order valence-electron chi connectivity index (χ2n) is 4.43. The summed E-state index contributed by atoms with van der Waals surface area (Å²) in [5, 5.41) is 8.83. The van der Waals surface area contributed by atoms with Crippen LogP contribution in [0, 0.1) is 27.6 Å². The molecule has 0 aliphatic rings. The largest absolute Gasteiger partial charge is 0.277 e. The van der Waals surface area contributed by atoms with Gasteiger partial charge in [0.05, 0.1) is 15.6 Å². The number of rotatable bonds is 3. The third-order valence-electron chi connectivity index (χ3n) is 2.85. The van der Waals surface area contributed by atoms with Crippen LogP contribution < -0.4 is 4.72 Å². The molecule has 4 nitrogen and oxygen atoms in total. The lowest BCUT2D eigenvalue weighted by atomic mass is 10.2. The van der Waals surface area contributed by atoms with Crippen molar-refractivity contribution in [1.82, 2.24) is 0 Å². The zero-order chi connectivity index (χ0) is 16.5. The Labute approximate surface area is 146 Å². The van der Waals surface area contributed by atoms with Crippen molar-refractivity contribution >= 4 is 49.9 Å². The number of nitrogens with zero attached hydrogens (tertiary/aromatic N) is 1. The fraction of sp³-hybridized carbons (Fsp3) is 0.0714. The number of hydrogen-bond donors (Lipinski definition) is 1. The summed E-state index contributed by atoms with van der Waals surface area (Å²) in [5.41, 5.74) is 0.349. The number of nitrogens with one attached hydrogen (secondary N) is 1. The van der Waals surface area contributed by atoms with Crippen LogP contribution >= 0.6 is 34.2 Å². The Bertz CT molecular complexity index is 877. The molecule has 0 radical (unpaired) electrons. The molecule has 0 aromatic heterocycles. The average Bonchev–Trinajstić information content (AvgIpc) is 2.45. The van der Waals surface area contributed by atoms with Gasteiger partial charge in [0.25, 0.3) is 10.0 Å². The van der Waals surface area contributed by atoms with Gasteiger partial charge in [-0.2, -0.15) is 5.26 Å². The number of sulfonamides is 1. The van der Waals surface area contributed by atoms with Crippen molar-refractivity contribution in [2.75, 3.05) is 4.72 Å². The molecule has 0 heterocycles. The van der Waals surface area contributed by atoms with Gasteiger partial charge in [0.1, 0.15) is 11.6 Å². The molecule has 2 aromatic rings. The fourth-order valence-electron chi connectivity index (χ4n) is 1.71. The van der Waals surface area contributed by atoms with E-state index >= 15 is 0 Å². The maximum atomic E-state index is 13.9. The summed E-state index contributed by atoms with van der Waals surface area (Å²) in [6, 6.07) is 9.05. The average molecular weight is 451 g/mol. The zero-order valence-corrected chi connectivity index (χ0v) is 14.9. The van der Waals surface area contributed by atoms with Crippen LogP contribution in [0.4, 0.5) is 10.1 Å². The normalized spacial score (nSPS) is 11.0. The van der Waals surface area contributed by atoms with E-state index in [2.05, 4.69) is 4.72 Å². The molecule has 0 spiro atoms. The van der Waals surface area contributed by atoms with Gasteiger partial charge in [-0.25, -0.2) is 12.8 Å². The van der Waals surface area contributed by atoms with Crippen LogP contribution in [-0.2, 0) is 10.0 Å². The molecule has 2 rings (SSSR count). The third-order valence-corrected chi connectivity index (χ3v) is 5.34. The maximum absolute atomic E-state index is 13.9. The van der Waals surface area contributed by atoms with E-state index in [1.807, 2.05) is 6.92 Å². The Kier molecular flexibility index (Phi) is 4.94. The van der Waals surface area contributed by atoms with Crippen LogP contribution in [0.15, 0.2) is 35.2 Å². The van der Waals surface area contributed by atoms with Crippen molar-refractivity contribution in [2.24, 2.45) is 0 Å². The zero-order valence-electron chi connectivity index (χ0n) is 11.2. The highest BCUT2D eigenvalue weighted by atomic mass is 127. The highest BCUT2D eigenvalue weighted by Gasteiger charge is 2.22. The number of hydrogen-bond acceptors (Lipinski definition) is 3. The molecule has 0 aliphatic heterocycles. The van der Waals surface area contributed by atoms with Gasteiger partial charge in [0.15, 0.2) is 5.82 Å². The van der Waals surface area contributed by atoms with Crippen molar-refractivity contribution in [1.29, 1.82) is 5.26 Å². The smallest absolute Gasteiger partial charge is 0.261 e. The lowest BCUT2D eigenvalue weighted by molar-refractivity contribution is 0.601. The minimum atomic E-state index is -3.93. The van der Waals surface area contributed by atoms with Gasteiger partial charge < -0.3 is 0 Å². The summed E-state index contributed by atoms with van der Waals surface area (Å²) in [6.07, 6.45) is 0. The number of nitriles is 1. The van der Waals surface area contributed by atoms with E-state index in [-0.39, 0.29) is 15.6 Å². The molecule has 0 fully saturated rings. The minimum Gasteiger partial charge on any atom is -0.277 e. The van der Waals surface area contributed by atoms with E-state index in [0.717, 1.165) is 5.56 Å². The second kappa shape index (κ2) is 6.40. The molecule has 1 N–H and O–H groups in total. The predicted octanol–water partition coefficient (Wildman–Crippen LogP) is 4.06. The molecule has 0 saturated heterocycles. The van der Waals surface area contributed by atoms with Gasteiger partial charge in [-0.3, -0.25) is 4.72 Å². The maximum Gasteiger partial charge on any atom is 0.261 e. The number of aryl methyl sites for hydroxylation is 1. The SMILES string of the molecule is Cc1ccc(S(=O)(=O)Nc2c(I)cc(Cl)c(F)c2C#N)cc1. The van der Waals surface area contributed by atoms with Crippen LogP contribution in [0.25, 0.3) is 0 Å². The van der Waals surface area contributed by atoms with E-state index in [0.29, 0.717) is 3.57 Å². The highest BCUT2D eigenvalue weighted by Crippen LogP contribution is 2.32. The van der Waals surface area contributed by atoms with Crippen molar-refractivity contribution in [3.63, 3.8) is 0 Å². The lowest BCUT2D eigenvalue weighted by Gasteiger charge is -2.13. The van der Waals surface area contributed by atoms with Crippen molar-refractivity contribution < 1.29 is 12.8 Å². The topological polar surface area (TPSA) is 70.0 Å². The lowest BCUT2D eigenvalue weighted by Crippen LogP contribution is -2.15. The Morgan fingerprint density at radius 2 is 1.91 bits per heavy atom. The molecule has 2 aromatic carbocycles. The van der Waals surface area contributed by atoms with E-state index in [9.17, 15) is 12.8 Å². The molecular formula is C14H9ClFIN2O2S. The fourth-order valence-corrected chi connectivity index (χ4v) is 4.09. The molecule has 0 amide bonds. The Morgan fingerprint density at radius 3 is 2.45 bits per heavy atom. The molecular weight excluding hydrogens is 442 g/mol. The Balaban J connectivity index is 2.53. The first-order chi connectivity index (χ1) is 10.3.